The van der Waals surface area contributed by atoms with Crippen LogP contribution in [0.25, 0.3) is 61.4 Å². The topological polar surface area (TPSA) is 38.7 Å². The van der Waals surface area contributed by atoms with Gasteiger partial charge in [-0.05, 0) is 78.9 Å². The van der Waals surface area contributed by atoms with Crippen LogP contribution in [0.3, 0.4) is 0 Å². The predicted molar refractivity (Wildman–Crippen MR) is 211 cm³/mol. The Balaban J connectivity index is 1.17. The van der Waals surface area contributed by atoms with Gasteiger partial charge in [0.05, 0.1) is 5.41 Å². The summed E-state index contributed by atoms with van der Waals surface area (Å²) in [5.74, 6) is 2.01. The van der Waals surface area contributed by atoms with E-state index in [9.17, 15) is 0 Å². The molecule has 0 saturated heterocycles. The van der Waals surface area contributed by atoms with Crippen molar-refractivity contribution in [3.05, 3.63) is 215 Å². The number of hydrogen-bond donors (Lipinski definition) is 0. The van der Waals surface area contributed by atoms with Crippen LogP contribution < -0.4 is 0 Å². The molecule has 1 heterocycles. The molecule has 7 aromatic carbocycles. The summed E-state index contributed by atoms with van der Waals surface area (Å²) in [5, 5.41) is 2.35. The van der Waals surface area contributed by atoms with Crippen LogP contribution in [0.15, 0.2) is 176 Å². The summed E-state index contributed by atoms with van der Waals surface area (Å²) in [5.41, 5.74) is 15.6. The second-order valence-corrected chi connectivity index (χ2v) is 13.8. The smallest absolute Gasteiger partial charge is 0.164 e. The van der Waals surface area contributed by atoms with E-state index in [4.69, 9.17) is 15.0 Å². The third-order valence-corrected chi connectivity index (χ3v) is 11.2. The van der Waals surface area contributed by atoms with Crippen molar-refractivity contribution >= 4 is 27.5 Å². The van der Waals surface area contributed by atoms with Gasteiger partial charge in [0.1, 0.15) is 0 Å². The Hall–Kier alpha value is -6.71. The number of rotatable bonds is 3. The zero-order chi connectivity index (χ0) is 34.2. The molecule has 8 aromatic rings. The Kier molecular flexibility index (Phi) is 6.23. The van der Waals surface area contributed by atoms with E-state index in [0.29, 0.717) is 17.5 Å². The number of allylic oxidation sites excluding steroid dienone is 3. The molecule has 0 saturated carbocycles. The van der Waals surface area contributed by atoms with E-state index in [2.05, 4.69) is 158 Å². The molecule has 52 heavy (non-hydrogen) atoms. The number of hydrogen-bond acceptors (Lipinski definition) is 3. The molecule has 0 fully saturated rings. The summed E-state index contributed by atoms with van der Waals surface area (Å²) in [6.07, 6.45) is 3.11. The second-order valence-electron chi connectivity index (χ2n) is 13.8. The molecule has 3 nitrogen and oxygen atoms in total. The van der Waals surface area contributed by atoms with Gasteiger partial charge in [-0.15, -0.1) is 0 Å². The molecule has 1 aromatic heterocycles. The van der Waals surface area contributed by atoms with E-state index in [1.807, 2.05) is 18.2 Å². The van der Waals surface area contributed by atoms with Gasteiger partial charge in [0.15, 0.2) is 17.5 Å². The molecular weight excluding hydrogens is 631 g/mol. The molecule has 0 unspecified atom stereocenters. The van der Waals surface area contributed by atoms with E-state index in [1.165, 1.54) is 55.5 Å². The molecule has 3 aliphatic carbocycles. The van der Waals surface area contributed by atoms with Crippen molar-refractivity contribution in [2.24, 2.45) is 0 Å². The van der Waals surface area contributed by atoms with Gasteiger partial charge in [-0.1, -0.05) is 170 Å². The lowest BCUT2D eigenvalue weighted by Crippen LogP contribution is -2.27. The minimum Gasteiger partial charge on any atom is -0.208 e. The van der Waals surface area contributed by atoms with Gasteiger partial charge in [-0.25, -0.2) is 15.0 Å². The monoisotopic (exact) mass is 661 g/mol. The van der Waals surface area contributed by atoms with Gasteiger partial charge in [0, 0.05) is 16.7 Å². The van der Waals surface area contributed by atoms with Crippen molar-refractivity contribution in [3.8, 4) is 33.9 Å². The van der Waals surface area contributed by atoms with Gasteiger partial charge < -0.3 is 0 Å². The van der Waals surface area contributed by atoms with E-state index in [-0.39, 0.29) is 0 Å². The largest absolute Gasteiger partial charge is 0.208 e. The average molecular weight is 662 g/mol. The molecule has 3 aliphatic rings. The SMILES string of the molecule is C1=C(c2nc(-c3ccccc3)nc(-c3ccc4ccccc4c3)n2)c2ccccc2C2=C(C1)c1ccccc1C21c2ccccc2-c2ccccc21. The third kappa shape index (κ3) is 4.05. The van der Waals surface area contributed by atoms with Crippen LogP contribution >= 0.6 is 0 Å². The minimum atomic E-state index is -0.441. The minimum absolute atomic E-state index is 0.441. The van der Waals surface area contributed by atoms with Gasteiger partial charge in [0.2, 0.25) is 0 Å². The summed E-state index contributed by atoms with van der Waals surface area (Å²) in [6.45, 7) is 0. The summed E-state index contributed by atoms with van der Waals surface area (Å²) in [6, 6.07) is 61.1. The molecule has 0 aliphatic heterocycles. The molecule has 0 amide bonds. The van der Waals surface area contributed by atoms with E-state index in [0.717, 1.165) is 34.1 Å². The van der Waals surface area contributed by atoms with Crippen LogP contribution in [0.1, 0.15) is 45.6 Å². The molecule has 0 N–H and O–H groups in total. The van der Waals surface area contributed by atoms with Crippen LogP contribution in [-0.4, -0.2) is 15.0 Å². The third-order valence-electron chi connectivity index (χ3n) is 11.2. The molecule has 11 rings (SSSR count). The maximum absolute atomic E-state index is 5.29. The molecule has 0 atom stereocenters. The number of fused-ring (bicyclic) bond motifs is 12. The molecule has 242 valence electrons. The maximum atomic E-state index is 5.29. The first-order valence-electron chi connectivity index (χ1n) is 17.9. The summed E-state index contributed by atoms with van der Waals surface area (Å²) >= 11 is 0. The van der Waals surface area contributed by atoms with Crippen LogP contribution in [0, 0.1) is 0 Å². The van der Waals surface area contributed by atoms with Crippen molar-refractivity contribution < 1.29 is 0 Å². The first kappa shape index (κ1) is 29.1. The fourth-order valence-corrected chi connectivity index (χ4v) is 9.07. The summed E-state index contributed by atoms with van der Waals surface area (Å²) < 4.78 is 0. The van der Waals surface area contributed by atoms with Crippen molar-refractivity contribution in [1.29, 1.82) is 0 Å². The fourth-order valence-electron chi connectivity index (χ4n) is 9.07. The van der Waals surface area contributed by atoms with Gasteiger partial charge in [0.25, 0.3) is 0 Å². The second kappa shape index (κ2) is 11.1. The van der Waals surface area contributed by atoms with Crippen molar-refractivity contribution in [2.45, 2.75) is 11.8 Å². The zero-order valence-corrected chi connectivity index (χ0v) is 28.3. The maximum Gasteiger partial charge on any atom is 0.164 e. The van der Waals surface area contributed by atoms with Crippen molar-refractivity contribution in [2.75, 3.05) is 0 Å². The first-order chi connectivity index (χ1) is 25.8. The Morgan fingerprint density at radius 1 is 0.385 bits per heavy atom. The molecule has 3 heteroatoms. The number of benzene rings is 7. The summed E-state index contributed by atoms with van der Waals surface area (Å²) in [7, 11) is 0. The average Bonchev–Trinajstić information content (AvgIpc) is 3.60. The lowest BCUT2D eigenvalue weighted by molar-refractivity contribution is 0.841. The Morgan fingerprint density at radius 3 is 1.62 bits per heavy atom. The van der Waals surface area contributed by atoms with Gasteiger partial charge in [-0.2, -0.15) is 0 Å². The van der Waals surface area contributed by atoms with Crippen molar-refractivity contribution in [3.63, 3.8) is 0 Å². The lowest BCUT2D eigenvalue weighted by Gasteiger charge is -2.33. The van der Waals surface area contributed by atoms with Crippen molar-refractivity contribution in [1.82, 2.24) is 15.0 Å². The Labute approximate surface area is 302 Å². The van der Waals surface area contributed by atoms with E-state index >= 15 is 0 Å². The standard InChI is InChI=1S/C49H31N3/c1-2-15-32(16-3-1)46-50-47(34-27-26-31-14-4-5-17-33(31)30-34)52-48(51-46)41-29-28-40-38-21-10-13-25-44(38)49(45(40)39-22-7-6-18-35(39)41)42-23-11-8-19-36(42)37-20-9-12-24-43(37)49/h1-27,29-30H,28H2. The molecule has 0 bridgehead atoms. The zero-order valence-electron chi connectivity index (χ0n) is 28.3. The fraction of sp³-hybridized carbons (Fsp3) is 0.0408. The van der Waals surface area contributed by atoms with Crippen LogP contribution in [0.4, 0.5) is 0 Å². The van der Waals surface area contributed by atoms with Gasteiger partial charge in [-0.3, -0.25) is 0 Å². The number of aromatic nitrogens is 3. The Bertz CT molecular complexity index is 2780. The number of nitrogens with zero attached hydrogens (tertiary/aromatic N) is 3. The highest BCUT2D eigenvalue weighted by Gasteiger charge is 2.53. The summed E-state index contributed by atoms with van der Waals surface area (Å²) in [4.78, 5) is 15.6. The van der Waals surface area contributed by atoms with E-state index in [1.54, 1.807) is 0 Å². The normalized spacial score (nSPS) is 14.7. The van der Waals surface area contributed by atoms with Crippen LogP contribution in [-0.2, 0) is 5.41 Å². The predicted octanol–water partition coefficient (Wildman–Crippen LogP) is 11.4. The first-order valence-corrected chi connectivity index (χ1v) is 17.9. The highest BCUT2D eigenvalue weighted by atomic mass is 15.0. The van der Waals surface area contributed by atoms with Gasteiger partial charge >= 0.3 is 0 Å². The lowest BCUT2D eigenvalue weighted by atomic mass is 9.67. The molecule has 0 radical (unpaired) electrons. The van der Waals surface area contributed by atoms with Crippen LogP contribution in [0.5, 0.6) is 0 Å². The Morgan fingerprint density at radius 2 is 0.904 bits per heavy atom. The highest BCUT2D eigenvalue weighted by molar-refractivity contribution is 6.12. The van der Waals surface area contributed by atoms with E-state index < -0.39 is 5.41 Å². The molecule has 1 spiro atoms. The quantitative estimate of drug-likeness (QED) is 0.189. The highest BCUT2D eigenvalue weighted by Crippen LogP contribution is 2.66. The van der Waals surface area contributed by atoms with Crippen LogP contribution in [0.2, 0.25) is 0 Å². The molecular formula is C49H31N3.